The van der Waals surface area contributed by atoms with Gasteiger partial charge in [0, 0.05) is 30.1 Å². The first-order chi connectivity index (χ1) is 11.1. The van der Waals surface area contributed by atoms with Crippen LogP contribution in [-0.4, -0.2) is 37.1 Å². The van der Waals surface area contributed by atoms with Crippen LogP contribution in [0.25, 0.3) is 0 Å². The second-order valence-corrected chi connectivity index (χ2v) is 6.65. The number of ether oxygens (including phenoxy) is 2. The molecule has 0 heterocycles. The molecule has 0 aliphatic heterocycles. The molecule has 126 valence electrons. The van der Waals surface area contributed by atoms with Gasteiger partial charge >= 0.3 is 0 Å². The van der Waals surface area contributed by atoms with E-state index >= 15 is 0 Å². The molecule has 5 nitrogen and oxygen atoms in total. The predicted molar refractivity (Wildman–Crippen MR) is 88.4 cm³/mol. The number of carbonyl (C=O) groups is 1. The molecule has 2 fully saturated rings. The Labute approximate surface area is 137 Å². The van der Waals surface area contributed by atoms with Crippen molar-refractivity contribution < 1.29 is 14.3 Å². The maximum absolute atomic E-state index is 12.9. The normalized spacial score (nSPS) is 23.6. The van der Waals surface area contributed by atoms with Gasteiger partial charge in [0.15, 0.2) is 0 Å². The van der Waals surface area contributed by atoms with E-state index in [4.69, 9.17) is 15.2 Å². The Morgan fingerprint density at radius 3 is 2.57 bits per heavy atom. The monoisotopic (exact) mass is 318 g/mol. The van der Waals surface area contributed by atoms with Crippen molar-refractivity contribution in [2.75, 3.05) is 14.2 Å². The van der Waals surface area contributed by atoms with Crippen molar-refractivity contribution in [3.63, 3.8) is 0 Å². The molecule has 0 bridgehead atoms. The molecule has 2 N–H and O–H groups in total. The second kappa shape index (κ2) is 6.79. The summed E-state index contributed by atoms with van der Waals surface area (Å²) >= 11 is 0. The second-order valence-electron chi connectivity index (χ2n) is 6.65. The zero-order chi connectivity index (χ0) is 16.4. The highest BCUT2D eigenvalue weighted by Crippen LogP contribution is 2.35. The number of methoxy groups -OCH3 is 2. The first-order valence-corrected chi connectivity index (χ1v) is 8.39. The molecule has 2 aliphatic rings. The van der Waals surface area contributed by atoms with Crippen molar-refractivity contribution in [1.29, 1.82) is 0 Å². The van der Waals surface area contributed by atoms with Gasteiger partial charge in [0.1, 0.15) is 11.5 Å². The minimum Gasteiger partial charge on any atom is -0.497 e. The third kappa shape index (κ3) is 3.61. The Bertz CT molecular complexity index is 571. The highest BCUT2D eigenvalue weighted by Gasteiger charge is 2.38. The van der Waals surface area contributed by atoms with E-state index in [1.165, 1.54) is 0 Å². The molecule has 2 atom stereocenters. The fourth-order valence-electron chi connectivity index (χ4n) is 3.44. The van der Waals surface area contributed by atoms with Crippen molar-refractivity contribution in [2.45, 2.75) is 50.7 Å². The third-order valence-corrected chi connectivity index (χ3v) is 4.92. The lowest BCUT2D eigenvalue weighted by Crippen LogP contribution is -2.37. The van der Waals surface area contributed by atoms with Crippen molar-refractivity contribution in [1.82, 2.24) is 4.90 Å². The zero-order valence-electron chi connectivity index (χ0n) is 14.0. The first-order valence-electron chi connectivity index (χ1n) is 8.39. The number of rotatable bonds is 6. The Hall–Kier alpha value is -1.75. The average Bonchev–Trinajstić information content (AvgIpc) is 3.32. The molecule has 1 amide bonds. The SMILES string of the molecule is COc1ccc(OC)c(CN(C(=O)[C@H]2CC[C@H](N)C2)C2CC2)c1. The predicted octanol–water partition coefficient (Wildman–Crippen LogP) is 2.32. The Kier molecular flexibility index (Phi) is 4.76. The lowest BCUT2D eigenvalue weighted by atomic mass is 10.0. The van der Waals surface area contributed by atoms with Gasteiger partial charge in [0.05, 0.1) is 14.2 Å². The van der Waals surface area contributed by atoms with Crippen LogP contribution in [-0.2, 0) is 11.3 Å². The summed E-state index contributed by atoms with van der Waals surface area (Å²) in [6, 6.07) is 6.28. The van der Waals surface area contributed by atoms with Gasteiger partial charge in [-0.2, -0.15) is 0 Å². The van der Waals surface area contributed by atoms with Gasteiger partial charge in [-0.3, -0.25) is 4.79 Å². The topological polar surface area (TPSA) is 64.8 Å². The van der Waals surface area contributed by atoms with Gasteiger partial charge < -0.3 is 20.1 Å². The van der Waals surface area contributed by atoms with Gasteiger partial charge in [-0.05, 0) is 50.3 Å². The van der Waals surface area contributed by atoms with Gasteiger partial charge in [0.2, 0.25) is 5.91 Å². The van der Waals surface area contributed by atoms with E-state index in [9.17, 15) is 4.79 Å². The minimum absolute atomic E-state index is 0.0854. The van der Waals surface area contributed by atoms with Gasteiger partial charge in [-0.15, -0.1) is 0 Å². The summed E-state index contributed by atoms with van der Waals surface area (Å²) in [6.07, 6.45) is 4.88. The van der Waals surface area contributed by atoms with E-state index < -0.39 is 0 Å². The molecule has 1 aromatic carbocycles. The summed E-state index contributed by atoms with van der Waals surface area (Å²) in [5.41, 5.74) is 6.98. The third-order valence-electron chi connectivity index (χ3n) is 4.92. The first kappa shape index (κ1) is 16.1. The van der Waals surface area contributed by atoms with Crippen LogP contribution in [0.15, 0.2) is 18.2 Å². The highest BCUT2D eigenvalue weighted by atomic mass is 16.5. The van der Waals surface area contributed by atoms with Gasteiger partial charge in [0.25, 0.3) is 0 Å². The smallest absolute Gasteiger partial charge is 0.226 e. The Morgan fingerprint density at radius 1 is 1.22 bits per heavy atom. The van der Waals surface area contributed by atoms with Crippen LogP contribution in [0.1, 0.15) is 37.7 Å². The molecule has 2 saturated carbocycles. The molecule has 0 unspecified atom stereocenters. The van der Waals surface area contributed by atoms with Crippen molar-refractivity contribution >= 4 is 5.91 Å². The Morgan fingerprint density at radius 2 is 2.00 bits per heavy atom. The van der Waals surface area contributed by atoms with Crippen LogP contribution in [0, 0.1) is 5.92 Å². The standard InChI is InChI=1S/C18H26N2O3/c1-22-16-7-8-17(23-2)13(10-16)11-20(15-5-6-15)18(21)12-3-4-14(19)9-12/h7-8,10,12,14-15H,3-6,9,11,19H2,1-2H3/t12-,14-/m0/s1. The number of hydrogen-bond acceptors (Lipinski definition) is 4. The summed E-state index contributed by atoms with van der Waals surface area (Å²) in [6.45, 7) is 0.579. The lowest BCUT2D eigenvalue weighted by Gasteiger charge is -2.26. The van der Waals surface area contributed by atoms with Crippen LogP contribution in [0.5, 0.6) is 11.5 Å². The number of amides is 1. The minimum atomic E-state index is 0.0854. The van der Waals surface area contributed by atoms with Crippen LogP contribution in [0.2, 0.25) is 0 Å². The highest BCUT2D eigenvalue weighted by molar-refractivity contribution is 5.80. The van der Waals surface area contributed by atoms with E-state index in [0.29, 0.717) is 12.6 Å². The van der Waals surface area contributed by atoms with Crippen LogP contribution in [0.3, 0.4) is 0 Å². The molecule has 0 aromatic heterocycles. The van der Waals surface area contributed by atoms with Crippen LogP contribution < -0.4 is 15.2 Å². The maximum atomic E-state index is 12.9. The molecule has 5 heteroatoms. The maximum Gasteiger partial charge on any atom is 0.226 e. The molecule has 0 radical (unpaired) electrons. The molecule has 0 saturated heterocycles. The molecule has 1 aromatic rings. The summed E-state index contributed by atoms with van der Waals surface area (Å²) < 4.78 is 10.8. The van der Waals surface area contributed by atoms with Gasteiger partial charge in [-0.25, -0.2) is 0 Å². The van der Waals surface area contributed by atoms with E-state index in [0.717, 1.165) is 49.2 Å². The summed E-state index contributed by atoms with van der Waals surface area (Å²) in [7, 11) is 3.31. The van der Waals surface area contributed by atoms with Crippen LogP contribution in [0.4, 0.5) is 0 Å². The van der Waals surface area contributed by atoms with Crippen LogP contribution >= 0.6 is 0 Å². The summed E-state index contributed by atoms with van der Waals surface area (Å²) in [5, 5.41) is 0. The van der Waals surface area contributed by atoms with Crippen molar-refractivity contribution in [3.05, 3.63) is 23.8 Å². The summed E-state index contributed by atoms with van der Waals surface area (Å²) in [4.78, 5) is 15.0. The van der Waals surface area contributed by atoms with Crippen molar-refractivity contribution in [3.8, 4) is 11.5 Å². The number of carbonyl (C=O) groups excluding carboxylic acids is 1. The van der Waals surface area contributed by atoms with E-state index in [1.54, 1.807) is 14.2 Å². The lowest BCUT2D eigenvalue weighted by molar-refractivity contribution is -0.136. The number of nitrogens with two attached hydrogens (primary N) is 1. The molecular formula is C18H26N2O3. The summed E-state index contributed by atoms with van der Waals surface area (Å²) in [5.74, 6) is 1.92. The van der Waals surface area contributed by atoms with Crippen molar-refractivity contribution in [2.24, 2.45) is 11.7 Å². The molecular weight excluding hydrogens is 292 g/mol. The Balaban J connectivity index is 1.78. The molecule has 0 spiro atoms. The molecule has 23 heavy (non-hydrogen) atoms. The van der Waals surface area contributed by atoms with E-state index in [2.05, 4.69) is 0 Å². The number of nitrogens with zero attached hydrogens (tertiary/aromatic N) is 1. The largest absolute Gasteiger partial charge is 0.497 e. The zero-order valence-corrected chi connectivity index (χ0v) is 14.0. The number of benzene rings is 1. The molecule has 2 aliphatic carbocycles. The molecule has 3 rings (SSSR count). The quantitative estimate of drug-likeness (QED) is 0.874. The van der Waals surface area contributed by atoms with Gasteiger partial charge in [-0.1, -0.05) is 0 Å². The number of hydrogen-bond donors (Lipinski definition) is 1. The average molecular weight is 318 g/mol. The van der Waals surface area contributed by atoms with E-state index in [1.807, 2.05) is 23.1 Å². The fraction of sp³-hybridized carbons (Fsp3) is 0.611. The van der Waals surface area contributed by atoms with E-state index in [-0.39, 0.29) is 17.9 Å². The fourth-order valence-corrected chi connectivity index (χ4v) is 3.44.